The number of hydrogen-bond donors (Lipinski definition) is 2. The predicted molar refractivity (Wildman–Crippen MR) is 114 cm³/mol. The molecule has 0 unspecified atom stereocenters. The Balaban J connectivity index is 1.83. The minimum absolute atomic E-state index is 0.292. The van der Waals surface area contributed by atoms with Crippen LogP contribution in [0, 0.1) is 13.8 Å². The monoisotopic (exact) mass is 392 g/mol. The highest BCUT2D eigenvalue weighted by Gasteiger charge is 2.10. The Hall–Kier alpha value is -3.18. The number of halogens is 1. The summed E-state index contributed by atoms with van der Waals surface area (Å²) in [6.07, 6.45) is 1.71. The lowest BCUT2D eigenvalue weighted by atomic mass is 10.1. The summed E-state index contributed by atoms with van der Waals surface area (Å²) in [4.78, 5) is 21.4. The lowest BCUT2D eigenvalue weighted by Crippen LogP contribution is -2.36. The van der Waals surface area contributed by atoms with Crippen molar-refractivity contribution in [1.82, 2.24) is 10.3 Å². The van der Waals surface area contributed by atoms with E-state index in [2.05, 4.69) is 26.7 Å². The molecule has 0 aliphatic carbocycles. The van der Waals surface area contributed by atoms with Crippen molar-refractivity contribution >= 4 is 29.2 Å². The number of benzene rings is 2. The molecular weight excluding hydrogens is 372 g/mol. The number of hydrogen-bond acceptors (Lipinski definition) is 3. The first-order valence-corrected chi connectivity index (χ1v) is 9.24. The topological polar surface area (TPSA) is 66.4 Å². The first-order chi connectivity index (χ1) is 13.5. The molecule has 0 radical (unpaired) electrons. The number of nitrogens with one attached hydrogen (secondary N) is 2. The molecule has 0 saturated carbocycles. The normalized spacial score (nSPS) is 11.2. The molecule has 1 heterocycles. The van der Waals surface area contributed by atoms with Crippen molar-refractivity contribution in [2.24, 2.45) is 4.99 Å². The molecule has 0 aliphatic rings. The van der Waals surface area contributed by atoms with Crippen molar-refractivity contribution in [3.63, 3.8) is 0 Å². The largest absolute Gasteiger partial charge is 0.326 e. The van der Waals surface area contributed by atoms with Crippen molar-refractivity contribution < 1.29 is 4.79 Å². The second-order valence-electron chi connectivity index (χ2n) is 6.45. The number of aryl methyl sites for hydroxylation is 2. The van der Waals surface area contributed by atoms with Crippen LogP contribution in [0.15, 0.2) is 71.9 Å². The van der Waals surface area contributed by atoms with E-state index in [0.29, 0.717) is 23.1 Å². The number of anilines is 1. The fraction of sp³-hybridized carbons (Fsp3) is 0.136. The van der Waals surface area contributed by atoms with Gasteiger partial charge in [-0.25, -0.2) is 4.99 Å². The van der Waals surface area contributed by atoms with E-state index in [1.165, 1.54) is 0 Å². The van der Waals surface area contributed by atoms with Gasteiger partial charge in [-0.2, -0.15) is 0 Å². The third-order valence-corrected chi connectivity index (χ3v) is 4.16. The number of amides is 1. The van der Waals surface area contributed by atoms with Crippen LogP contribution in [-0.2, 0) is 6.54 Å². The van der Waals surface area contributed by atoms with Gasteiger partial charge in [0.1, 0.15) is 0 Å². The van der Waals surface area contributed by atoms with E-state index in [1.54, 1.807) is 30.5 Å². The minimum atomic E-state index is -0.292. The maximum Gasteiger partial charge on any atom is 0.258 e. The smallest absolute Gasteiger partial charge is 0.258 e. The summed E-state index contributed by atoms with van der Waals surface area (Å²) >= 11 is 6.00. The number of nitrogens with zero attached hydrogens (tertiary/aromatic N) is 2. The molecule has 0 spiro atoms. The number of carbonyl (C=O) groups excluding carboxylic acids is 1. The summed E-state index contributed by atoms with van der Waals surface area (Å²) in [5, 5.41) is 6.54. The summed E-state index contributed by atoms with van der Waals surface area (Å²) in [6.45, 7) is 4.38. The van der Waals surface area contributed by atoms with Crippen LogP contribution in [0.2, 0.25) is 5.02 Å². The highest BCUT2D eigenvalue weighted by Crippen LogP contribution is 2.14. The molecule has 28 heavy (non-hydrogen) atoms. The van der Waals surface area contributed by atoms with Crippen molar-refractivity contribution in [2.45, 2.75) is 20.4 Å². The number of rotatable bonds is 4. The molecule has 3 aromatic rings. The quantitative estimate of drug-likeness (QED) is 0.497. The fourth-order valence-corrected chi connectivity index (χ4v) is 2.95. The van der Waals surface area contributed by atoms with Gasteiger partial charge < -0.3 is 5.32 Å². The Morgan fingerprint density at radius 2 is 1.82 bits per heavy atom. The van der Waals surface area contributed by atoms with E-state index in [-0.39, 0.29) is 5.91 Å². The standard InChI is InChI=1S/C22H21ClN4O/c1-15-10-16(2)12-20(11-15)26-22(25-14-19-8-3-4-9-24-19)27-21(28)17-6-5-7-18(23)13-17/h3-13H,14H2,1-2H3,(H2,25,26,27,28). The Morgan fingerprint density at radius 3 is 2.50 bits per heavy atom. The van der Waals surface area contributed by atoms with Gasteiger partial charge in [-0.05, 0) is 67.4 Å². The van der Waals surface area contributed by atoms with Crippen molar-refractivity contribution in [3.8, 4) is 0 Å². The molecule has 0 fully saturated rings. The first kappa shape index (κ1) is 19.6. The molecule has 6 heteroatoms. The molecule has 3 rings (SSSR count). The molecule has 1 amide bonds. The molecule has 0 saturated heterocycles. The van der Waals surface area contributed by atoms with E-state index in [0.717, 1.165) is 22.5 Å². The van der Waals surface area contributed by atoms with E-state index >= 15 is 0 Å². The Kier molecular flexibility index (Phi) is 6.40. The molecular formula is C22H21ClN4O. The maximum absolute atomic E-state index is 12.6. The average Bonchev–Trinajstić information content (AvgIpc) is 2.66. The van der Waals surface area contributed by atoms with Gasteiger partial charge >= 0.3 is 0 Å². The van der Waals surface area contributed by atoms with E-state index in [4.69, 9.17) is 11.6 Å². The Labute approximate surface area is 169 Å². The summed E-state index contributed by atoms with van der Waals surface area (Å²) in [6, 6.07) is 18.5. The van der Waals surface area contributed by atoms with Crippen LogP contribution in [0.25, 0.3) is 0 Å². The van der Waals surface area contributed by atoms with Crippen LogP contribution in [0.1, 0.15) is 27.2 Å². The Bertz CT molecular complexity index is 982. The predicted octanol–water partition coefficient (Wildman–Crippen LogP) is 4.75. The van der Waals surface area contributed by atoms with Crippen molar-refractivity contribution in [3.05, 3.63) is 94.3 Å². The molecule has 5 nitrogen and oxygen atoms in total. The number of aromatic nitrogens is 1. The maximum atomic E-state index is 12.6. The summed E-state index contributed by atoms with van der Waals surface area (Å²) in [5.74, 6) is 0.0553. The van der Waals surface area contributed by atoms with Gasteiger partial charge in [-0.15, -0.1) is 0 Å². The number of carbonyl (C=O) groups is 1. The fourth-order valence-electron chi connectivity index (χ4n) is 2.76. The molecule has 142 valence electrons. The number of guanidine groups is 1. The summed E-state index contributed by atoms with van der Waals surface area (Å²) < 4.78 is 0. The Morgan fingerprint density at radius 1 is 1.04 bits per heavy atom. The van der Waals surface area contributed by atoms with Gasteiger partial charge in [0.05, 0.1) is 12.2 Å². The summed E-state index contributed by atoms with van der Waals surface area (Å²) in [5.41, 5.74) is 4.35. The van der Waals surface area contributed by atoms with E-state index in [1.807, 2.05) is 44.2 Å². The zero-order valence-corrected chi connectivity index (χ0v) is 16.5. The number of pyridine rings is 1. The van der Waals surface area contributed by atoms with E-state index in [9.17, 15) is 4.79 Å². The van der Waals surface area contributed by atoms with Gasteiger partial charge in [-0.1, -0.05) is 29.8 Å². The molecule has 0 bridgehead atoms. The second kappa shape index (κ2) is 9.15. The first-order valence-electron chi connectivity index (χ1n) is 8.86. The molecule has 2 aromatic carbocycles. The zero-order chi connectivity index (χ0) is 19.9. The minimum Gasteiger partial charge on any atom is -0.326 e. The molecule has 0 atom stereocenters. The van der Waals surface area contributed by atoms with Crippen LogP contribution in [-0.4, -0.2) is 16.9 Å². The van der Waals surface area contributed by atoms with Crippen LogP contribution >= 0.6 is 11.6 Å². The van der Waals surface area contributed by atoms with Crippen molar-refractivity contribution in [2.75, 3.05) is 5.32 Å². The molecule has 1 aromatic heterocycles. The molecule has 0 aliphatic heterocycles. The van der Waals surface area contributed by atoms with Crippen LogP contribution in [0.5, 0.6) is 0 Å². The highest BCUT2D eigenvalue weighted by atomic mass is 35.5. The van der Waals surface area contributed by atoms with Gasteiger partial charge in [0, 0.05) is 22.5 Å². The van der Waals surface area contributed by atoms with Gasteiger partial charge in [0.15, 0.2) is 0 Å². The van der Waals surface area contributed by atoms with Gasteiger partial charge in [-0.3, -0.25) is 15.1 Å². The SMILES string of the molecule is Cc1cc(C)cc(NC(=NCc2ccccn2)NC(=O)c2cccc(Cl)c2)c1. The van der Waals surface area contributed by atoms with Crippen LogP contribution < -0.4 is 10.6 Å². The van der Waals surface area contributed by atoms with Crippen LogP contribution in [0.3, 0.4) is 0 Å². The van der Waals surface area contributed by atoms with Gasteiger partial charge in [0.2, 0.25) is 5.96 Å². The third kappa shape index (κ3) is 5.66. The van der Waals surface area contributed by atoms with Crippen LogP contribution in [0.4, 0.5) is 5.69 Å². The third-order valence-electron chi connectivity index (χ3n) is 3.93. The zero-order valence-electron chi connectivity index (χ0n) is 15.7. The summed E-state index contributed by atoms with van der Waals surface area (Å²) in [7, 11) is 0. The average molecular weight is 393 g/mol. The highest BCUT2D eigenvalue weighted by molar-refractivity contribution is 6.31. The second-order valence-corrected chi connectivity index (χ2v) is 6.89. The van der Waals surface area contributed by atoms with Gasteiger partial charge in [0.25, 0.3) is 5.91 Å². The number of aliphatic imine (C=N–C) groups is 1. The lowest BCUT2D eigenvalue weighted by molar-refractivity contribution is 0.0977. The van der Waals surface area contributed by atoms with E-state index < -0.39 is 0 Å². The van der Waals surface area contributed by atoms with Crippen molar-refractivity contribution in [1.29, 1.82) is 0 Å². The molecule has 2 N–H and O–H groups in total. The lowest BCUT2D eigenvalue weighted by Gasteiger charge is -2.13.